The Morgan fingerprint density at radius 2 is 1.95 bits per heavy atom. The van der Waals surface area contributed by atoms with Crippen LogP contribution in [0, 0.1) is 0 Å². The summed E-state index contributed by atoms with van der Waals surface area (Å²) in [6.07, 6.45) is 0. The van der Waals surface area contributed by atoms with E-state index in [4.69, 9.17) is 4.74 Å². The van der Waals surface area contributed by atoms with Crippen LogP contribution in [0.15, 0.2) is 24.3 Å². The Morgan fingerprint density at radius 3 is 2.53 bits per heavy atom. The number of nitrogens with one attached hydrogen (secondary N) is 1. The van der Waals surface area contributed by atoms with Gasteiger partial charge in [0.2, 0.25) is 0 Å². The van der Waals surface area contributed by atoms with E-state index in [1.807, 2.05) is 12.1 Å². The minimum Gasteiger partial charge on any atom is -0.497 e. The number of methoxy groups -OCH3 is 1. The van der Waals surface area contributed by atoms with Gasteiger partial charge in [0.25, 0.3) is 0 Å². The summed E-state index contributed by atoms with van der Waals surface area (Å²) in [6, 6.07) is 8.65. The predicted molar refractivity (Wildman–Crippen MR) is 80.8 cm³/mol. The molecule has 19 heavy (non-hydrogen) atoms. The Balaban J connectivity index is 2.61. The maximum Gasteiger partial charge on any atom is 0.119 e. The Labute approximate surface area is 117 Å². The highest BCUT2D eigenvalue weighted by molar-refractivity contribution is 5.30. The summed E-state index contributed by atoms with van der Waals surface area (Å²) in [7, 11) is 10.1. The molecule has 1 atom stereocenters. The number of likely N-dealkylation sites (N-methyl/N-ethyl adjacent to an activating group) is 2. The van der Waals surface area contributed by atoms with Gasteiger partial charge in [-0.1, -0.05) is 12.1 Å². The molecule has 1 rings (SSSR count). The normalized spacial score (nSPS) is 13.0. The van der Waals surface area contributed by atoms with Crippen molar-refractivity contribution in [1.29, 1.82) is 0 Å². The average molecular weight is 265 g/mol. The van der Waals surface area contributed by atoms with Crippen LogP contribution >= 0.6 is 0 Å². The molecule has 0 saturated carbocycles. The first-order valence-electron chi connectivity index (χ1n) is 6.70. The monoisotopic (exact) mass is 265 g/mol. The molecule has 0 bridgehead atoms. The van der Waals surface area contributed by atoms with E-state index in [0.29, 0.717) is 6.04 Å². The topological polar surface area (TPSA) is 27.7 Å². The smallest absolute Gasteiger partial charge is 0.119 e. The molecule has 4 nitrogen and oxygen atoms in total. The van der Waals surface area contributed by atoms with E-state index in [9.17, 15) is 0 Å². The van der Waals surface area contributed by atoms with E-state index in [2.05, 4.69) is 55.4 Å². The third-order valence-electron chi connectivity index (χ3n) is 3.18. The second-order valence-electron chi connectivity index (χ2n) is 5.26. The van der Waals surface area contributed by atoms with Gasteiger partial charge in [-0.3, -0.25) is 0 Å². The van der Waals surface area contributed by atoms with Gasteiger partial charge in [-0.05, 0) is 45.9 Å². The molecule has 1 unspecified atom stereocenters. The fraction of sp³-hybridized carbons (Fsp3) is 0.600. The van der Waals surface area contributed by atoms with Crippen molar-refractivity contribution in [1.82, 2.24) is 15.1 Å². The molecule has 4 heteroatoms. The summed E-state index contributed by atoms with van der Waals surface area (Å²) in [6.45, 7) is 2.99. The number of hydrogen-bond donors (Lipinski definition) is 1. The van der Waals surface area contributed by atoms with E-state index in [0.717, 1.165) is 25.4 Å². The highest BCUT2D eigenvalue weighted by Crippen LogP contribution is 2.21. The largest absolute Gasteiger partial charge is 0.497 e. The van der Waals surface area contributed by atoms with Crippen LogP contribution in [-0.4, -0.2) is 64.7 Å². The number of ether oxygens (including phenoxy) is 1. The zero-order chi connectivity index (χ0) is 14.3. The molecule has 0 heterocycles. The van der Waals surface area contributed by atoms with Crippen molar-refractivity contribution in [2.24, 2.45) is 0 Å². The van der Waals surface area contributed by atoms with Crippen LogP contribution in [0.5, 0.6) is 5.75 Å². The molecule has 0 amide bonds. The van der Waals surface area contributed by atoms with Crippen LogP contribution in [-0.2, 0) is 0 Å². The van der Waals surface area contributed by atoms with Gasteiger partial charge < -0.3 is 19.9 Å². The van der Waals surface area contributed by atoms with Crippen molar-refractivity contribution in [3.63, 3.8) is 0 Å². The lowest BCUT2D eigenvalue weighted by Crippen LogP contribution is -2.34. The lowest BCUT2D eigenvalue weighted by atomic mass is 10.1. The molecule has 1 N–H and O–H groups in total. The number of hydrogen-bond acceptors (Lipinski definition) is 4. The van der Waals surface area contributed by atoms with E-state index in [1.54, 1.807) is 7.11 Å². The van der Waals surface area contributed by atoms with E-state index >= 15 is 0 Å². The molecule has 0 radical (unpaired) electrons. The van der Waals surface area contributed by atoms with Crippen LogP contribution in [0.4, 0.5) is 0 Å². The molecule has 0 saturated heterocycles. The van der Waals surface area contributed by atoms with Crippen molar-refractivity contribution in [3.05, 3.63) is 29.8 Å². The number of benzene rings is 1. The quantitative estimate of drug-likeness (QED) is 0.720. The highest BCUT2D eigenvalue weighted by atomic mass is 16.5. The molecule has 0 aliphatic heterocycles. The minimum absolute atomic E-state index is 0.359. The van der Waals surface area contributed by atoms with Crippen molar-refractivity contribution in [3.8, 4) is 5.75 Å². The van der Waals surface area contributed by atoms with Crippen molar-refractivity contribution < 1.29 is 4.74 Å². The van der Waals surface area contributed by atoms with Crippen LogP contribution in [0.2, 0.25) is 0 Å². The lowest BCUT2D eigenvalue weighted by molar-refractivity contribution is 0.283. The van der Waals surface area contributed by atoms with Crippen LogP contribution in [0.1, 0.15) is 11.6 Å². The van der Waals surface area contributed by atoms with Crippen molar-refractivity contribution in [2.45, 2.75) is 6.04 Å². The SMILES string of the molecule is COc1cccc(C(CNCCN(C)C)N(C)C)c1. The molecule has 0 aliphatic carbocycles. The van der Waals surface area contributed by atoms with Gasteiger partial charge in [0.15, 0.2) is 0 Å². The zero-order valence-electron chi connectivity index (χ0n) is 12.8. The Kier molecular flexibility index (Phi) is 6.84. The molecule has 0 aromatic heterocycles. The Bertz CT molecular complexity index is 366. The molecule has 0 fully saturated rings. The third-order valence-corrected chi connectivity index (χ3v) is 3.18. The second-order valence-corrected chi connectivity index (χ2v) is 5.26. The Morgan fingerprint density at radius 1 is 1.21 bits per heavy atom. The van der Waals surface area contributed by atoms with Gasteiger partial charge in [-0.15, -0.1) is 0 Å². The number of rotatable bonds is 8. The van der Waals surface area contributed by atoms with Crippen LogP contribution in [0.3, 0.4) is 0 Å². The predicted octanol–water partition coefficient (Wildman–Crippen LogP) is 1.45. The standard InChI is InChI=1S/C15H27N3O/c1-17(2)10-9-16-12-15(18(3)4)13-7-6-8-14(11-13)19-5/h6-8,11,15-16H,9-10,12H2,1-5H3. The van der Waals surface area contributed by atoms with Gasteiger partial charge in [-0.2, -0.15) is 0 Å². The van der Waals surface area contributed by atoms with E-state index in [1.165, 1.54) is 5.56 Å². The summed E-state index contributed by atoms with van der Waals surface area (Å²) < 4.78 is 5.30. The first-order chi connectivity index (χ1) is 9.04. The molecular formula is C15H27N3O. The van der Waals surface area contributed by atoms with Gasteiger partial charge in [0.1, 0.15) is 5.75 Å². The summed E-state index contributed by atoms with van der Waals surface area (Å²) in [4.78, 5) is 4.42. The van der Waals surface area contributed by atoms with Gasteiger partial charge in [0.05, 0.1) is 7.11 Å². The van der Waals surface area contributed by atoms with E-state index < -0.39 is 0 Å². The minimum atomic E-state index is 0.359. The Hall–Kier alpha value is -1.10. The molecule has 0 spiro atoms. The molecule has 0 aliphatic rings. The maximum absolute atomic E-state index is 5.30. The molecule has 108 valence electrons. The van der Waals surface area contributed by atoms with Crippen molar-refractivity contribution in [2.75, 3.05) is 54.9 Å². The van der Waals surface area contributed by atoms with Crippen molar-refractivity contribution >= 4 is 0 Å². The third kappa shape index (κ3) is 5.59. The fourth-order valence-corrected chi connectivity index (χ4v) is 1.99. The summed E-state index contributed by atoms with van der Waals surface area (Å²) in [5.74, 6) is 0.914. The van der Waals surface area contributed by atoms with Crippen LogP contribution < -0.4 is 10.1 Å². The summed E-state index contributed by atoms with van der Waals surface area (Å²) in [5, 5.41) is 3.51. The first kappa shape index (κ1) is 16.0. The van der Waals surface area contributed by atoms with Gasteiger partial charge >= 0.3 is 0 Å². The second kappa shape index (κ2) is 8.15. The maximum atomic E-state index is 5.30. The van der Waals surface area contributed by atoms with Gasteiger partial charge in [0, 0.05) is 25.7 Å². The number of nitrogens with zero attached hydrogens (tertiary/aromatic N) is 2. The lowest BCUT2D eigenvalue weighted by Gasteiger charge is -2.26. The fourth-order valence-electron chi connectivity index (χ4n) is 1.99. The molecule has 1 aromatic carbocycles. The van der Waals surface area contributed by atoms with E-state index in [-0.39, 0.29) is 0 Å². The average Bonchev–Trinajstić information content (AvgIpc) is 2.38. The van der Waals surface area contributed by atoms with Crippen LogP contribution in [0.25, 0.3) is 0 Å². The summed E-state index contributed by atoms with van der Waals surface area (Å²) in [5.41, 5.74) is 1.28. The zero-order valence-corrected chi connectivity index (χ0v) is 12.8. The summed E-state index contributed by atoms with van der Waals surface area (Å²) >= 11 is 0. The van der Waals surface area contributed by atoms with Gasteiger partial charge in [-0.25, -0.2) is 0 Å². The molecule has 1 aromatic rings. The first-order valence-corrected chi connectivity index (χ1v) is 6.70. The molecular weight excluding hydrogens is 238 g/mol. The highest BCUT2D eigenvalue weighted by Gasteiger charge is 2.14.